The van der Waals surface area contributed by atoms with Gasteiger partial charge in [-0.05, 0) is 61.2 Å². The van der Waals surface area contributed by atoms with Crippen LogP contribution in [-0.2, 0) is 18.8 Å². The number of Topliss-reactive ketones (excluding diaryl/α,β-unsaturated/α-hetero) is 1. The Balaban J connectivity index is 1.25. The first kappa shape index (κ1) is 28.3. The number of fused-ring (bicyclic) bond motifs is 1. The average molecular weight is 574 g/mol. The first-order valence-electron chi connectivity index (χ1n) is 12.9. The van der Waals surface area contributed by atoms with Gasteiger partial charge in [-0.25, -0.2) is 4.68 Å². The molecule has 0 fully saturated rings. The molecule has 5 nitrogen and oxygen atoms in total. The van der Waals surface area contributed by atoms with Crippen LogP contribution in [0.15, 0.2) is 79.0 Å². The summed E-state index contributed by atoms with van der Waals surface area (Å²) >= 11 is 0. The number of ketones is 1. The van der Waals surface area contributed by atoms with Crippen LogP contribution in [0, 0.1) is 0 Å². The number of benzene rings is 3. The Morgan fingerprint density at radius 3 is 2.17 bits per heavy atom. The lowest BCUT2D eigenvalue weighted by atomic mass is 9.97. The minimum atomic E-state index is -4.97. The van der Waals surface area contributed by atoms with E-state index in [0.29, 0.717) is 29.9 Å². The number of aryl methyl sites for hydroxylation is 1. The fourth-order valence-corrected chi connectivity index (χ4v) is 4.85. The van der Waals surface area contributed by atoms with E-state index in [9.17, 15) is 31.1 Å². The zero-order chi connectivity index (χ0) is 29.4. The molecule has 11 heteroatoms. The number of ether oxygens (including phenoxy) is 1. The third-order valence-corrected chi connectivity index (χ3v) is 6.96. The normalized spacial score (nSPS) is 17.0. The van der Waals surface area contributed by atoms with Gasteiger partial charge in [0.2, 0.25) is 0 Å². The van der Waals surface area contributed by atoms with Crippen LogP contribution in [-0.4, -0.2) is 15.6 Å². The molecule has 4 aromatic rings. The van der Waals surface area contributed by atoms with Crippen molar-refractivity contribution in [3.8, 4) is 11.5 Å². The molecule has 0 saturated heterocycles. The van der Waals surface area contributed by atoms with E-state index in [0.717, 1.165) is 17.5 Å². The molecule has 2 atom stereocenters. The van der Waals surface area contributed by atoms with E-state index in [-0.39, 0.29) is 36.1 Å². The molecule has 0 aliphatic carbocycles. The van der Waals surface area contributed by atoms with Crippen molar-refractivity contribution in [1.29, 1.82) is 0 Å². The van der Waals surface area contributed by atoms with Crippen molar-refractivity contribution in [1.82, 2.24) is 9.78 Å². The summed E-state index contributed by atoms with van der Waals surface area (Å²) in [5.74, 6) is 0.0364. The van der Waals surface area contributed by atoms with Crippen LogP contribution in [0.2, 0.25) is 0 Å². The molecular formula is C30H25F6N3O2. The van der Waals surface area contributed by atoms with Gasteiger partial charge in [0.25, 0.3) is 0 Å². The van der Waals surface area contributed by atoms with Crippen molar-refractivity contribution in [2.45, 2.75) is 50.6 Å². The summed E-state index contributed by atoms with van der Waals surface area (Å²) in [6.45, 7) is 2.05. The molecule has 3 aromatic carbocycles. The lowest BCUT2D eigenvalue weighted by Gasteiger charge is -2.31. The number of hydrogen-bond acceptors (Lipinski definition) is 4. The van der Waals surface area contributed by atoms with Crippen molar-refractivity contribution in [3.63, 3.8) is 0 Å². The van der Waals surface area contributed by atoms with Crippen molar-refractivity contribution in [2.24, 2.45) is 0 Å². The van der Waals surface area contributed by atoms with E-state index in [2.05, 4.69) is 17.3 Å². The summed E-state index contributed by atoms with van der Waals surface area (Å²) in [7, 11) is 0. The summed E-state index contributed by atoms with van der Waals surface area (Å²) in [6.07, 6.45) is -7.02. The van der Waals surface area contributed by atoms with Crippen LogP contribution in [0.4, 0.5) is 32.2 Å². The van der Waals surface area contributed by atoms with Crippen molar-refractivity contribution in [3.05, 3.63) is 107 Å². The Morgan fingerprint density at radius 2 is 1.56 bits per heavy atom. The van der Waals surface area contributed by atoms with Gasteiger partial charge < -0.3 is 10.1 Å². The van der Waals surface area contributed by atoms with E-state index in [1.54, 1.807) is 18.3 Å². The molecule has 214 valence electrons. The number of nitrogens with one attached hydrogen (secondary N) is 1. The molecule has 0 bridgehead atoms. The van der Waals surface area contributed by atoms with Crippen LogP contribution in [0.25, 0.3) is 0 Å². The Kier molecular flexibility index (Phi) is 7.54. The van der Waals surface area contributed by atoms with E-state index < -0.39 is 29.2 Å². The highest BCUT2D eigenvalue weighted by Gasteiger charge is 2.37. The van der Waals surface area contributed by atoms with Crippen LogP contribution >= 0.6 is 0 Å². The van der Waals surface area contributed by atoms with Gasteiger partial charge in [0.05, 0.1) is 35.0 Å². The second-order valence-corrected chi connectivity index (χ2v) is 9.95. The quantitative estimate of drug-likeness (QED) is 0.178. The molecule has 5 rings (SSSR count). The van der Waals surface area contributed by atoms with Gasteiger partial charge in [-0.3, -0.25) is 4.79 Å². The molecule has 1 aliphatic rings. The van der Waals surface area contributed by atoms with E-state index in [1.807, 2.05) is 35.0 Å². The smallest absolute Gasteiger partial charge is 0.416 e. The molecule has 0 radical (unpaired) electrons. The fourth-order valence-electron chi connectivity index (χ4n) is 4.85. The maximum absolute atomic E-state index is 13.1. The number of carbonyl (C=O) groups is 1. The molecule has 2 unspecified atom stereocenters. The zero-order valence-electron chi connectivity index (χ0n) is 21.8. The van der Waals surface area contributed by atoms with Crippen LogP contribution in [0.1, 0.15) is 64.5 Å². The first-order valence-corrected chi connectivity index (χ1v) is 12.9. The highest BCUT2D eigenvalue weighted by atomic mass is 19.4. The van der Waals surface area contributed by atoms with E-state index >= 15 is 0 Å². The van der Waals surface area contributed by atoms with E-state index in [4.69, 9.17) is 4.74 Å². The lowest BCUT2D eigenvalue weighted by Crippen LogP contribution is -2.26. The van der Waals surface area contributed by atoms with Crippen LogP contribution in [0.5, 0.6) is 11.5 Å². The van der Waals surface area contributed by atoms with Crippen LogP contribution in [0.3, 0.4) is 0 Å². The predicted molar refractivity (Wildman–Crippen MR) is 140 cm³/mol. The lowest BCUT2D eigenvalue weighted by molar-refractivity contribution is -0.143. The standard InChI is InChI=1S/C30H25F6N3O2/c1-18-13-26(20-5-3-2-4-6-20)38-28-25(17-37-39(18)28)27(40)12-9-19-7-10-23(11-8-19)41-24-15-21(29(31,32)33)14-22(16-24)30(34,35)36/h2-8,10-11,14-18,26,38H,9,12-13H2,1H3. The number of aromatic nitrogens is 2. The predicted octanol–water partition coefficient (Wildman–Crippen LogP) is 8.65. The second kappa shape index (κ2) is 10.9. The maximum Gasteiger partial charge on any atom is 0.416 e. The number of rotatable bonds is 7. The van der Waals surface area contributed by atoms with Gasteiger partial charge in [-0.2, -0.15) is 31.4 Å². The van der Waals surface area contributed by atoms with Gasteiger partial charge in [0, 0.05) is 6.42 Å². The minimum absolute atomic E-state index is 0.0403. The third kappa shape index (κ3) is 6.39. The highest BCUT2D eigenvalue weighted by molar-refractivity contribution is 6.00. The van der Waals surface area contributed by atoms with Gasteiger partial charge in [-0.1, -0.05) is 42.5 Å². The summed E-state index contributed by atoms with van der Waals surface area (Å²) in [5, 5.41) is 7.86. The van der Waals surface area contributed by atoms with Crippen LogP contribution < -0.4 is 10.1 Å². The number of anilines is 1. The molecule has 1 aliphatic heterocycles. The maximum atomic E-state index is 13.1. The van der Waals surface area contributed by atoms with E-state index in [1.165, 1.54) is 12.1 Å². The summed E-state index contributed by atoms with van der Waals surface area (Å²) in [5.41, 5.74) is -0.567. The van der Waals surface area contributed by atoms with Gasteiger partial charge >= 0.3 is 12.4 Å². The minimum Gasteiger partial charge on any atom is -0.457 e. The number of carbonyl (C=O) groups excluding carboxylic acids is 1. The van der Waals surface area contributed by atoms with Crippen molar-refractivity contribution >= 4 is 11.6 Å². The molecule has 41 heavy (non-hydrogen) atoms. The van der Waals surface area contributed by atoms with Crippen molar-refractivity contribution in [2.75, 3.05) is 5.32 Å². The SMILES string of the molecule is CC1CC(c2ccccc2)Nc2c(C(=O)CCc3ccc(Oc4cc(C(F)(F)F)cc(C(F)(F)F)c4)cc3)cnn21. The molecule has 2 heterocycles. The summed E-state index contributed by atoms with van der Waals surface area (Å²) in [6, 6.07) is 17.3. The monoisotopic (exact) mass is 573 g/mol. The number of hydrogen-bond donors (Lipinski definition) is 1. The Morgan fingerprint density at radius 1 is 0.927 bits per heavy atom. The summed E-state index contributed by atoms with van der Waals surface area (Å²) in [4.78, 5) is 13.1. The van der Waals surface area contributed by atoms with Crippen molar-refractivity contribution < 1.29 is 35.9 Å². The molecule has 1 N–H and O–H groups in total. The average Bonchev–Trinajstić information content (AvgIpc) is 3.37. The Bertz CT molecular complexity index is 1500. The largest absolute Gasteiger partial charge is 0.457 e. The number of halogens is 6. The Hall–Kier alpha value is -4.28. The molecule has 0 saturated carbocycles. The van der Waals surface area contributed by atoms with Gasteiger partial charge in [0.15, 0.2) is 5.78 Å². The van der Waals surface area contributed by atoms with Gasteiger partial charge in [0.1, 0.15) is 17.3 Å². The fraction of sp³-hybridized carbons (Fsp3) is 0.267. The number of nitrogens with zero attached hydrogens (tertiary/aromatic N) is 2. The molecular weight excluding hydrogens is 548 g/mol. The Labute approximate surface area is 231 Å². The van der Waals surface area contributed by atoms with Gasteiger partial charge in [-0.15, -0.1) is 0 Å². The second-order valence-electron chi connectivity index (χ2n) is 9.95. The molecule has 0 spiro atoms. The molecule has 1 aromatic heterocycles. The number of alkyl halides is 6. The first-order chi connectivity index (χ1) is 19.4. The highest BCUT2D eigenvalue weighted by Crippen LogP contribution is 2.40. The summed E-state index contributed by atoms with van der Waals surface area (Å²) < 4.78 is 85.9. The molecule has 0 amide bonds. The topological polar surface area (TPSA) is 56.1 Å². The third-order valence-electron chi connectivity index (χ3n) is 6.96. The zero-order valence-corrected chi connectivity index (χ0v) is 21.8.